The zero-order valence-electron chi connectivity index (χ0n) is 11.3. The number of hydrogen-bond donors (Lipinski definition) is 2. The van der Waals surface area contributed by atoms with Crippen molar-refractivity contribution in [1.82, 2.24) is 10.2 Å². The van der Waals surface area contributed by atoms with Crippen LogP contribution in [-0.2, 0) is 0 Å². The fourth-order valence-corrected chi connectivity index (χ4v) is 1.36. The molecule has 17 heavy (non-hydrogen) atoms. The Morgan fingerprint density at radius 1 is 1.35 bits per heavy atom. The smallest absolute Gasteiger partial charge is 0.188 e. The third-order valence-corrected chi connectivity index (χ3v) is 2.24. The highest BCUT2D eigenvalue weighted by Crippen LogP contribution is 1.89. The molecule has 3 N–H and O–H groups in total. The summed E-state index contributed by atoms with van der Waals surface area (Å²) in [4.78, 5) is 6.55. The van der Waals surface area contributed by atoms with Crippen LogP contribution < -0.4 is 11.1 Å². The molecule has 0 fully saturated rings. The van der Waals surface area contributed by atoms with Crippen LogP contribution in [0.25, 0.3) is 0 Å². The third kappa shape index (κ3) is 12.0. The summed E-state index contributed by atoms with van der Waals surface area (Å²) < 4.78 is 0. The number of nitrogens with zero attached hydrogens (tertiary/aromatic N) is 2. The third-order valence-electron chi connectivity index (χ3n) is 2.24. The van der Waals surface area contributed by atoms with Gasteiger partial charge in [0.15, 0.2) is 5.96 Å². The first kappa shape index (κ1) is 19.0. The number of guanidine groups is 1. The number of nitrogens with two attached hydrogens (primary N) is 1. The maximum atomic E-state index is 5.70. The van der Waals surface area contributed by atoms with E-state index in [1.165, 1.54) is 6.42 Å². The van der Waals surface area contributed by atoms with E-state index in [2.05, 4.69) is 35.6 Å². The highest BCUT2D eigenvalue weighted by molar-refractivity contribution is 14.0. The van der Waals surface area contributed by atoms with Gasteiger partial charge in [-0.1, -0.05) is 26.0 Å². The monoisotopic (exact) mass is 354 g/mol. The molecule has 0 saturated carbocycles. The molecule has 0 amide bonds. The number of nitrogens with one attached hydrogen (secondary N) is 1. The normalized spacial score (nSPS) is 11.2. The topological polar surface area (TPSA) is 53.6 Å². The molecule has 0 spiro atoms. The zero-order valence-corrected chi connectivity index (χ0v) is 13.7. The molecule has 0 aliphatic heterocycles. The van der Waals surface area contributed by atoms with Crippen molar-refractivity contribution in [3.63, 3.8) is 0 Å². The summed E-state index contributed by atoms with van der Waals surface area (Å²) in [5.74, 6) is 0.510. The molecule has 0 aromatic carbocycles. The fourth-order valence-electron chi connectivity index (χ4n) is 1.36. The fraction of sp³-hybridized carbons (Fsp3) is 0.750. The van der Waals surface area contributed by atoms with E-state index < -0.39 is 0 Å². The maximum Gasteiger partial charge on any atom is 0.188 e. The van der Waals surface area contributed by atoms with Crippen molar-refractivity contribution in [2.45, 2.75) is 27.2 Å². The van der Waals surface area contributed by atoms with Gasteiger partial charge in [0.25, 0.3) is 0 Å². The molecule has 0 saturated heterocycles. The average Bonchev–Trinajstić information content (AvgIpc) is 2.25. The number of aliphatic imine (C=N–C) groups is 1. The molecular weight excluding hydrogens is 327 g/mol. The molecule has 0 rings (SSSR count). The van der Waals surface area contributed by atoms with Gasteiger partial charge in [0.05, 0.1) is 6.54 Å². The van der Waals surface area contributed by atoms with Crippen molar-refractivity contribution in [3.05, 3.63) is 12.2 Å². The van der Waals surface area contributed by atoms with Gasteiger partial charge < -0.3 is 16.0 Å². The molecule has 0 bridgehead atoms. The molecule has 0 heterocycles. The van der Waals surface area contributed by atoms with Gasteiger partial charge in [-0.3, -0.25) is 0 Å². The lowest BCUT2D eigenvalue weighted by Gasteiger charge is -2.19. The Hall–Kier alpha value is -0.300. The first-order valence-electron chi connectivity index (χ1n) is 6.00. The predicted molar refractivity (Wildman–Crippen MR) is 87.1 cm³/mol. The van der Waals surface area contributed by atoms with Crippen LogP contribution in [0.5, 0.6) is 0 Å². The first-order chi connectivity index (χ1) is 7.60. The number of halogens is 1. The first-order valence-corrected chi connectivity index (χ1v) is 6.00. The van der Waals surface area contributed by atoms with Crippen LogP contribution in [0.2, 0.25) is 0 Å². The highest BCUT2D eigenvalue weighted by atomic mass is 127. The van der Waals surface area contributed by atoms with Gasteiger partial charge in [-0.2, -0.15) is 0 Å². The van der Waals surface area contributed by atoms with Crippen molar-refractivity contribution in [2.75, 3.05) is 32.7 Å². The lowest BCUT2D eigenvalue weighted by atomic mass is 10.4. The molecule has 0 unspecified atom stereocenters. The molecule has 4 nitrogen and oxygen atoms in total. The molecule has 0 aromatic heterocycles. The van der Waals surface area contributed by atoms with Crippen molar-refractivity contribution >= 4 is 29.9 Å². The molecule has 102 valence electrons. The van der Waals surface area contributed by atoms with Gasteiger partial charge >= 0.3 is 0 Å². The van der Waals surface area contributed by atoms with Gasteiger partial charge in [-0.25, -0.2) is 4.99 Å². The standard InChI is InChI=1S/C12H26N4.HI/c1-5-8-16(6-2)9-7-14-12(13)15-10-11(3)4;/h3,5-10H2,1-2,4H3,(H3,13,14,15);1H. The number of likely N-dealkylation sites (N-methyl/N-ethyl adjacent to an activating group) is 1. The van der Waals surface area contributed by atoms with E-state index >= 15 is 0 Å². The van der Waals surface area contributed by atoms with Crippen LogP contribution in [0.15, 0.2) is 17.1 Å². The minimum atomic E-state index is 0. The Morgan fingerprint density at radius 2 is 2.00 bits per heavy atom. The van der Waals surface area contributed by atoms with E-state index in [-0.39, 0.29) is 24.0 Å². The van der Waals surface area contributed by atoms with Crippen LogP contribution in [0.3, 0.4) is 0 Å². The van der Waals surface area contributed by atoms with Crippen LogP contribution in [-0.4, -0.2) is 43.6 Å². The molecule has 0 radical (unpaired) electrons. The second-order valence-electron chi connectivity index (χ2n) is 4.02. The van der Waals surface area contributed by atoms with E-state index in [0.29, 0.717) is 12.5 Å². The number of rotatable bonds is 8. The van der Waals surface area contributed by atoms with Gasteiger partial charge in [0.2, 0.25) is 0 Å². The van der Waals surface area contributed by atoms with Crippen LogP contribution in [0.1, 0.15) is 27.2 Å². The van der Waals surface area contributed by atoms with Crippen molar-refractivity contribution in [1.29, 1.82) is 0 Å². The summed E-state index contributed by atoms with van der Waals surface area (Å²) in [6.45, 7) is 14.8. The molecule has 0 aromatic rings. The Bertz CT molecular complexity index is 229. The van der Waals surface area contributed by atoms with Crippen LogP contribution >= 0.6 is 24.0 Å². The zero-order chi connectivity index (χ0) is 12.4. The average molecular weight is 354 g/mol. The second kappa shape index (κ2) is 12.2. The van der Waals surface area contributed by atoms with E-state index in [0.717, 1.165) is 31.8 Å². The quantitative estimate of drug-likeness (QED) is 0.303. The Labute approximate surface area is 123 Å². The van der Waals surface area contributed by atoms with E-state index in [4.69, 9.17) is 5.73 Å². The predicted octanol–water partition coefficient (Wildman–Crippen LogP) is 1.82. The van der Waals surface area contributed by atoms with Crippen LogP contribution in [0.4, 0.5) is 0 Å². The molecule has 0 atom stereocenters. The second-order valence-corrected chi connectivity index (χ2v) is 4.02. The van der Waals surface area contributed by atoms with Gasteiger partial charge in [0.1, 0.15) is 0 Å². The van der Waals surface area contributed by atoms with E-state index in [9.17, 15) is 0 Å². The summed E-state index contributed by atoms with van der Waals surface area (Å²) in [6.07, 6.45) is 1.19. The Kier molecular flexibility index (Phi) is 13.6. The Balaban J connectivity index is 0. The SMILES string of the molecule is C=C(C)CN=C(N)NCCN(CC)CCC.I. The lowest BCUT2D eigenvalue weighted by molar-refractivity contribution is 0.293. The van der Waals surface area contributed by atoms with Crippen molar-refractivity contribution in [3.8, 4) is 0 Å². The molecular formula is C12H27IN4. The number of hydrogen-bond acceptors (Lipinski definition) is 2. The maximum absolute atomic E-state index is 5.70. The minimum absolute atomic E-state index is 0. The largest absolute Gasteiger partial charge is 0.370 e. The minimum Gasteiger partial charge on any atom is -0.370 e. The van der Waals surface area contributed by atoms with Crippen LogP contribution in [0, 0.1) is 0 Å². The van der Waals surface area contributed by atoms with E-state index in [1.807, 2.05) is 6.92 Å². The molecule has 0 aliphatic carbocycles. The van der Waals surface area contributed by atoms with Gasteiger partial charge in [-0.15, -0.1) is 24.0 Å². The molecule has 0 aliphatic rings. The lowest BCUT2D eigenvalue weighted by Crippen LogP contribution is -2.38. The summed E-state index contributed by atoms with van der Waals surface area (Å²) >= 11 is 0. The van der Waals surface area contributed by atoms with Gasteiger partial charge in [0, 0.05) is 13.1 Å². The van der Waals surface area contributed by atoms with Gasteiger partial charge in [-0.05, 0) is 26.4 Å². The summed E-state index contributed by atoms with van der Waals surface area (Å²) in [5, 5.41) is 3.11. The summed E-state index contributed by atoms with van der Waals surface area (Å²) in [7, 11) is 0. The molecule has 5 heteroatoms. The summed E-state index contributed by atoms with van der Waals surface area (Å²) in [5.41, 5.74) is 6.72. The van der Waals surface area contributed by atoms with E-state index in [1.54, 1.807) is 0 Å². The highest BCUT2D eigenvalue weighted by Gasteiger charge is 1.99. The Morgan fingerprint density at radius 3 is 2.47 bits per heavy atom. The van der Waals surface area contributed by atoms with Crippen molar-refractivity contribution in [2.24, 2.45) is 10.7 Å². The summed E-state index contributed by atoms with van der Waals surface area (Å²) in [6, 6.07) is 0. The van der Waals surface area contributed by atoms with Crippen molar-refractivity contribution < 1.29 is 0 Å².